The zero-order valence-corrected chi connectivity index (χ0v) is 28.6. The lowest BCUT2D eigenvalue weighted by Gasteiger charge is -2.45. The van der Waals surface area contributed by atoms with Crippen molar-refractivity contribution in [2.45, 2.75) is 82.8 Å². The molecule has 6 rings (SSSR count). The van der Waals surface area contributed by atoms with Gasteiger partial charge in [0.1, 0.15) is 17.1 Å². The maximum atomic E-state index is 14.1. The third-order valence-corrected chi connectivity index (χ3v) is 12.2. The van der Waals surface area contributed by atoms with Crippen LogP contribution in [0.25, 0.3) is 0 Å². The summed E-state index contributed by atoms with van der Waals surface area (Å²) in [6.07, 6.45) is 9.10. The summed E-state index contributed by atoms with van der Waals surface area (Å²) in [5, 5.41) is 11.9. The Labute approximate surface area is 277 Å². The first-order valence-corrected chi connectivity index (χ1v) is 18.7. The molecule has 2 heterocycles. The molecule has 1 amide bonds. The average molecular weight is 669 g/mol. The second kappa shape index (κ2) is 13.0. The lowest BCUT2D eigenvalue weighted by molar-refractivity contribution is -0.151. The van der Waals surface area contributed by atoms with Crippen molar-refractivity contribution < 1.29 is 28.4 Å². The average Bonchev–Trinajstić information content (AvgIpc) is 3.10. The fourth-order valence-corrected chi connectivity index (χ4v) is 9.46. The molecule has 1 saturated carbocycles. The number of aliphatic hydroxyl groups excluding tert-OH is 1. The maximum Gasteiger partial charge on any atom is 0.320 e. The number of aryl methyl sites for hydroxylation is 1. The molecule has 2 aliphatic carbocycles. The van der Waals surface area contributed by atoms with E-state index in [1.165, 1.54) is 11.1 Å². The van der Waals surface area contributed by atoms with Crippen molar-refractivity contribution in [2.75, 3.05) is 36.1 Å². The fraction of sp³-hybridized carbons (Fsp3) is 0.556. The van der Waals surface area contributed by atoms with E-state index >= 15 is 0 Å². The number of nitrogens with zero attached hydrogens (tertiary/aromatic N) is 2. The van der Waals surface area contributed by atoms with Gasteiger partial charge in [0.2, 0.25) is 0 Å². The number of hydrogen-bond acceptors (Lipinski definition) is 7. The quantitative estimate of drug-likeness (QED) is 0.288. The minimum absolute atomic E-state index is 0.0661. The van der Waals surface area contributed by atoms with Gasteiger partial charge in [-0.05, 0) is 119 Å². The molecule has 0 radical (unpaired) electrons. The summed E-state index contributed by atoms with van der Waals surface area (Å²) in [4.78, 5) is 28.8. The van der Waals surface area contributed by atoms with Crippen LogP contribution in [0.2, 0.25) is 5.02 Å². The third-order valence-electron chi connectivity index (χ3n) is 9.83. The van der Waals surface area contributed by atoms with E-state index in [0.29, 0.717) is 43.9 Å². The van der Waals surface area contributed by atoms with Crippen LogP contribution in [-0.2, 0) is 31.1 Å². The van der Waals surface area contributed by atoms with Crippen LogP contribution in [-0.4, -0.2) is 64.1 Å². The second-order valence-electron chi connectivity index (χ2n) is 14.5. The van der Waals surface area contributed by atoms with Gasteiger partial charge in [0, 0.05) is 34.8 Å². The molecule has 8 nitrogen and oxygen atoms in total. The van der Waals surface area contributed by atoms with Crippen molar-refractivity contribution in [3.63, 3.8) is 0 Å². The topological polar surface area (TPSA) is 106 Å². The molecular formula is C36H45ClN2O6S. The van der Waals surface area contributed by atoms with E-state index in [-0.39, 0.29) is 23.0 Å². The maximum absolute atomic E-state index is 14.1. The van der Waals surface area contributed by atoms with Crippen molar-refractivity contribution in [2.24, 2.45) is 16.2 Å². The van der Waals surface area contributed by atoms with Crippen molar-refractivity contribution in [1.29, 1.82) is 0 Å². The van der Waals surface area contributed by atoms with Gasteiger partial charge < -0.3 is 19.5 Å². The molecular weight excluding hydrogens is 624 g/mol. The molecule has 5 atom stereocenters. The Bertz CT molecular complexity index is 1660. The van der Waals surface area contributed by atoms with Crippen molar-refractivity contribution in [3.8, 4) is 5.75 Å². The van der Waals surface area contributed by atoms with E-state index in [9.17, 15) is 18.9 Å². The van der Waals surface area contributed by atoms with Gasteiger partial charge in [-0.3, -0.25) is 9.59 Å². The van der Waals surface area contributed by atoms with E-state index in [4.69, 9.17) is 21.1 Å². The normalized spacial score (nSPS) is 30.5. The summed E-state index contributed by atoms with van der Waals surface area (Å²) in [5.41, 5.74) is 2.57. The first-order valence-electron chi connectivity index (χ1n) is 16.5. The van der Waals surface area contributed by atoms with Gasteiger partial charge >= 0.3 is 5.97 Å². The highest BCUT2D eigenvalue weighted by Gasteiger charge is 2.44. The Hall–Kier alpha value is -2.88. The summed E-state index contributed by atoms with van der Waals surface area (Å²) >= 11 is 6.41. The molecule has 2 aromatic rings. The fourth-order valence-electron chi connectivity index (χ4n) is 7.52. The molecule has 248 valence electrons. The molecule has 0 unspecified atom stereocenters. The van der Waals surface area contributed by atoms with Crippen molar-refractivity contribution in [3.05, 3.63) is 70.3 Å². The Balaban J connectivity index is 1.41. The molecule has 4 aliphatic rings. The number of benzene rings is 2. The van der Waals surface area contributed by atoms with Gasteiger partial charge in [-0.1, -0.05) is 29.8 Å². The van der Waals surface area contributed by atoms with Crippen LogP contribution in [0.5, 0.6) is 5.75 Å². The van der Waals surface area contributed by atoms with Gasteiger partial charge in [0.05, 0.1) is 28.1 Å². The lowest BCUT2D eigenvalue weighted by atomic mass is 9.68. The van der Waals surface area contributed by atoms with Gasteiger partial charge in [0.15, 0.2) is 0 Å². The SMILES string of the molecule is CC(C)(C)OC(=O)C[S@@]1(=O)=NC(=O)c2ccc3c(c2)N(C[C@@H]2CC[C@H]2[C@@H](O)/C=C/CCC1)C[C@@]1(CCCc2cc(Cl)ccc21)CO3. The molecule has 10 heteroatoms. The number of allylic oxidation sites excluding steroid dienone is 1. The van der Waals surface area contributed by atoms with Gasteiger partial charge in [-0.15, -0.1) is 0 Å². The number of fused-ring (bicyclic) bond motifs is 4. The highest BCUT2D eigenvalue weighted by atomic mass is 35.5. The molecule has 2 bridgehead atoms. The van der Waals surface area contributed by atoms with Crippen LogP contribution >= 0.6 is 11.6 Å². The first-order chi connectivity index (χ1) is 21.8. The van der Waals surface area contributed by atoms with Crippen molar-refractivity contribution >= 4 is 38.9 Å². The largest absolute Gasteiger partial charge is 0.490 e. The summed E-state index contributed by atoms with van der Waals surface area (Å²) in [7, 11) is -3.26. The summed E-state index contributed by atoms with van der Waals surface area (Å²) < 4.78 is 30.3. The molecule has 0 aromatic heterocycles. The molecule has 2 aromatic carbocycles. The monoisotopic (exact) mass is 668 g/mol. The third kappa shape index (κ3) is 7.16. The number of amides is 1. The Morgan fingerprint density at radius 1 is 1.20 bits per heavy atom. The zero-order chi connectivity index (χ0) is 32.7. The number of hydrogen-bond donors (Lipinski definition) is 1. The number of anilines is 1. The highest BCUT2D eigenvalue weighted by molar-refractivity contribution is 7.94. The molecule has 46 heavy (non-hydrogen) atoms. The second-order valence-corrected chi connectivity index (χ2v) is 17.3. The predicted octanol–water partition coefficient (Wildman–Crippen LogP) is 6.50. The molecule has 0 saturated heterocycles. The predicted molar refractivity (Wildman–Crippen MR) is 181 cm³/mol. The summed E-state index contributed by atoms with van der Waals surface area (Å²) in [6, 6.07) is 11.5. The number of carbonyl (C=O) groups excluding carboxylic acids is 2. The van der Waals surface area contributed by atoms with E-state index < -0.39 is 39.1 Å². The van der Waals surface area contributed by atoms with E-state index in [1.807, 2.05) is 24.3 Å². The number of aliphatic hydroxyl groups is 1. The van der Waals surface area contributed by atoms with E-state index in [0.717, 1.165) is 42.8 Å². The minimum Gasteiger partial charge on any atom is -0.490 e. The molecule has 1 fully saturated rings. The Morgan fingerprint density at radius 2 is 2.02 bits per heavy atom. The van der Waals surface area contributed by atoms with Gasteiger partial charge in [-0.25, -0.2) is 4.21 Å². The smallest absolute Gasteiger partial charge is 0.320 e. The van der Waals surface area contributed by atoms with Crippen LogP contribution in [0.3, 0.4) is 0 Å². The van der Waals surface area contributed by atoms with Crippen LogP contribution in [0.4, 0.5) is 5.69 Å². The lowest BCUT2D eigenvalue weighted by Crippen LogP contribution is -2.49. The summed E-state index contributed by atoms with van der Waals surface area (Å²) in [5.74, 6) is -0.573. The highest BCUT2D eigenvalue weighted by Crippen LogP contribution is 2.46. The Kier molecular flexibility index (Phi) is 9.31. The van der Waals surface area contributed by atoms with Gasteiger partial charge in [-0.2, -0.15) is 4.36 Å². The molecule has 1 spiro atoms. The van der Waals surface area contributed by atoms with E-state index in [1.54, 1.807) is 32.9 Å². The van der Waals surface area contributed by atoms with Gasteiger partial charge in [0.25, 0.3) is 5.91 Å². The minimum atomic E-state index is -3.26. The number of ether oxygens (including phenoxy) is 2. The standard InChI is InChI=1S/C36H45ClN2O6S/c1-35(2,3)45-33(41)21-46(43)17-6-4-5-9-31(40)28-13-10-26(28)20-39-22-36(16-7-8-24-18-27(37)12-14-29(24)36)23-44-32-15-11-25(19-30(32)39)34(42)38-46/h5,9,11-12,14-15,18-19,26,28,31,40H,4,6-8,10,13,16-17,20-23H2,1-3H3/b9-5+/t26-,28+,31-,36-,46+/m0/s1. The summed E-state index contributed by atoms with van der Waals surface area (Å²) in [6.45, 7) is 7.13. The Morgan fingerprint density at radius 3 is 2.78 bits per heavy atom. The van der Waals surface area contributed by atoms with Crippen LogP contribution < -0.4 is 9.64 Å². The molecule has 1 N–H and O–H groups in total. The van der Waals surface area contributed by atoms with Crippen LogP contribution in [0.15, 0.2) is 52.9 Å². The first kappa shape index (κ1) is 33.0. The number of halogens is 1. The van der Waals surface area contributed by atoms with Crippen LogP contribution in [0.1, 0.15) is 80.8 Å². The van der Waals surface area contributed by atoms with E-state index in [2.05, 4.69) is 21.4 Å². The zero-order valence-electron chi connectivity index (χ0n) is 27.0. The number of esters is 1. The number of carbonyl (C=O) groups is 2. The number of rotatable bonds is 2. The van der Waals surface area contributed by atoms with Crippen LogP contribution in [0, 0.1) is 11.8 Å². The van der Waals surface area contributed by atoms with Crippen molar-refractivity contribution in [1.82, 2.24) is 0 Å². The molecule has 2 aliphatic heterocycles.